The number of hydrogen-bond acceptors (Lipinski definition) is 7. The monoisotopic (exact) mass is 646 g/mol. The number of benzene rings is 2. The van der Waals surface area contributed by atoms with Crippen LogP contribution in [0, 0.1) is 5.82 Å². The van der Waals surface area contributed by atoms with Gasteiger partial charge >= 0.3 is 6.03 Å². The van der Waals surface area contributed by atoms with Gasteiger partial charge in [-0.25, -0.2) is 9.18 Å². The van der Waals surface area contributed by atoms with Crippen molar-refractivity contribution in [3.05, 3.63) is 67.7 Å². The van der Waals surface area contributed by atoms with Gasteiger partial charge in [-0.05, 0) is 43.5 Å². The van der Waals surface area contributed by atoms with Crippen molar-refractivity contribution < 1.29 is 23.5 Å². The number of carbonyl (C=O) groups is 3. The number of anilines is 1. The number of amides is 4. The fourth-order valence-corrected chi connectivity index (χ4v) is 5.99. The summed E-state index contributed by atoms with van der Waals surface area (Å²) in [6.45, 7) is 3.16. The highest BCUT2D eigenvalue weighted by Crippen LogP contribution is 2.44. The Labute approximate surface area is 263 Å². The molecule has 44 heavy (non-hydrogen) atoms. The number of hydrogen-bond donors (Lipinski definition) is 3. The van der Waals surface area contributed by atoms with E-state index in [9.17, 15) is 19.2 Å². The Hall–Kier alpha value is -3.87. The molecule has 5 rings (SSSR count). The molecule has 1 unspecified atom stereocenters. The lowest BCUT2D eigenvalue weighted by atomic mass is 10.1. The van der Waals surface area contributed by atoms with Crippen molar-refractivity contribution in [3.8, 4) is 5.75 Å². The van der Waals surface area contributed by atoms with Crippen LogP contribution in [0.15, 0.2) is 35.3 Å². The van der Waals surface area contributed by atoms with Gasteiger partial charge in [0, 0.05) is 61.6 Å². The fourth-order valence-electron chi connectivity index (χ4n) is 5.52. The minimum Gasteiger partial charge on any atom is -0.492 e. The topological polar surface area (TPSA) is 125 Å². The van der Waals surface area contributed by atoms with E-state index >= 15 is 4.39 Å². The Bertz CT molecular complexity index is 1690. The molecule has 1 atom stereocenters. The molecule has 2 heterocycles. The first-order chi connectivity index (χ1) is 21.0. The van der Waals surface area contributed by atoms with E-state index in [0.29, 0.717) is 40.8 Å². The number of ether oxygens (including phenoxy) is 1. The minimum absolute atomic E-state index is 0.00997. The SMILES string of the molecule is CNC(=O)NC(=O)CN1CCN(c2c(F)cc3c(=O)c(C(=O)NCc4ccc(Cl)cc4Cl)cn(C4CC4)c3c2OC)CC1C. The molecule has 14 heteroatoms. The molecule has 2 fully saturated rings. The number of imide groups is 1. The van der Waals surface area contributed by atoms with Crippen LogP contribution in [0.2, 0.25) is 10.0 Å². The number of urea groups is 1. The highest BCUT2D eigenvalue weighted by atomic mass is 35.5. The van der Waals surface area contributed by atoms with Crippen LogP contribution in [0.4, 0.5) is 14.9 Å². The van der Waals surface area contributed by atoms with Crippen LogP contribution in [-0.4, -0.2) is 73.7 Å². The maximum atomic E-state index is 16.0. The number of halogens is 3. The van der Waals surface area contributed by atoms with Crippen LogP contribution in [0.5, 0.6) is 5.75 Å². The standard InChI is InChI=1S/C30H33Cl2FN6O5/c1-16-13-38(9-8-37(16)15-24(40)36-30(43)34-2)26-23(33)11-20-25(28(26)44-3)39(19-6-7-19)14-21(27(20)41)29(42)35-12-17-4-5-18(31)10-22(17)32/h4-5,10-11,14,16,19H,6-9,12-13,15H2,1-3H3,(H,35,42)(H2,34,36,40,43). The van der Waals surface area contributed by atoms with E-state index < -0.39 is 29.1 Å². The molecule has 0 bridgehead atoms. The third kappa shape index (κ3) is 6.47. The van der Waals surface area contributed by atoms with Crippen LogP contribution in [0.1, 0.15) is 41.7 Å². The van der Waals surface area contributed by atoms with E-state index in [1.165, 1.54) is 26.4 Å². The summed E-state index contributed by atoms with van der Waals surface area (Å²) in [7, 11) is 2.85. The van der Waals surface area contributed by atoms with Crippen LogP contribution < -0.4 is 31.0 Å². The summed E-state index contributed by atoms with van der Waals surface area (Å²) < 4.78 is 23.6. The number of piperazine rings is 1. The summed E-state index contributed by atoms with van der Waals surface area (Å²) in [5.41, 5.74) is 0.548. The summed E-state index contributed by atoms with van der Waals surface area (Å²) in [5, 5.41) is 8.23. The van der Waals surface area contributed by atoms with Gasteiger partial charge < -0.3 is 24.8 Å². The van der Waals surface area contributed by atoms with Crippen molar-refractivity contribution in [1.82, 2.24) is 25.4 Å². The van der Waals surface area contributed by atoms with Gasteiger partial charge in [0.25, 0.3) is 5.91 Å². The van der Waals surface area contributed by atoms with Crippen molar-refractivity contribution in [2.75, 3.05) is 45.2 Å². The van der Waals surface area contributed by atoms with Crippen molar-refractivity contribution in [2.24, 2.45) is 0 Å². The number of nitrogens with zero attached hydrogens (tertiary/aromatic N) is 3. The van der Waals surface area contributed by atoms with Gasteiger partial charge in [0.2, 0.25) is 11.3 Å². The molecule has 1 aliphatic heterocycles. The number of carbonyl (C=O) groups excluding carboxylic acids is 3. The van der Waals surface area contributed by atoms with Crippen molar-refractivity contribution in [2.45, 2.75) is 38.4 Å². The van der Waals surface area contributed by atoms with Gasteiger partial charge in [0.15, 0.2) is 11.6 Å². The quantitative estimate of drug-likeness (QED) is 0.341. The molecule has 3 N–H and O–H groups in total. The summed E-state index contributed by atoms with van der Waals surface area (Å²) in [6.07, 6.45) is 3.20. The molecule has 234 valence electrons. The molecule has 1 aromatic heterocycles. The lowest BCUT2D eigenvalue weighted by Crippen LogP contribution is -2.55. The predicted octanol–water partition coefficient (Wildman–Crippen LogP) is 3.69. The largest absolute Gasteiger partial charge is 0.492 e. The second-order valence-electron chi connectivity index (χ2n) is 11.0. The zero-order chi connectivity index (χ0) is 31.7. The second-order valence-corrected chi connectivity index (χ2v) is 11.8. The molecule has 1 saturated carbocycles. The third-order valence-electron chi connectivity index (χ3n) is 7.95. The average molecular weight is 648 g/mol. The second kappa shape index (κ2) is 13.0. The molecule has 0 radical (unpaired) electrons. The Morgan fingerprint density at radius 2 is 1.89 bits per heavy atom. The van der Waals surface area contributed by atoms with E-state index in [1.54, 1.807) is 18.2 Å². The average Bonchev–Trinajstić information content (AvgIpc) is 3.83. The number of aromatic nitrogens is 1. The zero-order valence-electron chi connectivity index (χ0n) is 24.5. The van der Waals surface area contributed by atoms with E-state index in [4.69, 9.17) is 27.9 Å². The number of methoxy groups -OCH3 is 1. The van der Waals surface area contributed by atoms with Gasteiger partial charge in [-0.1, -0.05) is 29.3 Å². The Morgan fingerprint density at radius 3 is 2.52 bits per heavy atom. The number of fused-ring (bicyclic) bond motifs is 1. The van der Waals surface area contributed by atoms with Crippen LogP contribution in [-0.2, 0) is 11.3 Å². The van der Waals surface area contributed by atoms with Gasteiger partial charge in [-0.15, -0.1) is 0 Å². The first-order valence-corrected chi connectivity index (χ1v) is 15.0. The number of rotatable bonds is 8. The number of nitrogens with one attached hydrogen (secondary N) is 3. The lowest BCUT2D eigenvalue weighted by Gasteiger charge is -2.41. The predicted molar refractivity (Wildman–Crippen MR) is 166 cm³/mol. The van der Waals surface area contributed by atoms with Crippen molar-refractivity contribution >= 4 is 57.6 Å². The van der Waals surface area contributed by atoms with Gasteiger partial charge in [-0.3, -0.25) is 24.6 Å². The lowest BCUT2D eigenvalue weighted by molar-refractivity contribution is -0.121. The highest BCUT2D eigenvalue weighted by molar-refractivity contribution is 6.35. The molecular formula is C30H33Cl2FN6O5. The molecule has 2 aromatic carbocycles. The Balaban J connectivity index is 1.45. The zero-order valence-corrected chi connectivity index (χ0v) is 26.0. The van der Waals surface area contributed by atoms with Crippen molar-refractivity contribution in [3.63, 3.8) is 0 Å². The molecule has 11 nitrogen and oxygen atoms in total. The summed E-state index contributed by atoms with van der Waals surface area (Å²) in [5.74, 6) is -1.49. The molecule has 3 aromatic rings. The summed E-state index contributed by atoms with van der Waals surface area (Å²) in [6, 6.07) is 5.37. The highest BCUT2D eigenvalue weighted by Gasteiger charge is 2.33. The first kappa shape index (κ1) is 31.6. The van der Waals surface area contributed by atoms with Gasteiger partial charge in [0.1, 0.15) is 11.3 Å². The summed E-state index contributed by atoms with van der Waals surface area (Å²) >= 11 is 12.2. The Kier molecular flexibility index (Phi) is 9.33. The fraction of sp³-hybridized carbons (Fsp3) is 0.400. The minimum atomic E-state index is -0.655. The van der Waals surface area contributed by atoms with E-state index in [-0.39, 0.29) is 47.6 Å². The van der Waals surface area contributed by atoms with Crippen LogP contribution in [0.25, 0.3) is 10.9 Å². The maximum Gasteiger partial charge on any atom is 0.321 e. The van der Waals surface area contributed by atoms with Crippen molar-refractivity contribution in [1.29, 1.82) is 0 Å². The molecular weight excluding hydrogens is 614 g/mol. The van der Waals surface area contributed by atoms with Gasteiger partial charge in [0.05, 0.1) is 24.6 Å². The van der Waals surface area contributed by atoms with Crippen LogP contribution in [0.3, 0.4) is 0 Å². The maximum absolute atomic E-state index is 16.0. The van der Waals surface area contributed by atoms with Crippen LogP contribution >= 0.6 is 23.2 Å². The number of pyridine rings is 1. The molecule has 2 aliphatic rings. The van der Waals surface area contributed by atoms with E-state index in [2.05, 4.69) is 16.0 Å². The molecule has 1 saturated heterocycles. The first-order valence-electron chi connectivity index (χ1n) is 14.2. The molecule has 1 aliphatic carbocycles. The van der Waals surface area contributed by atoms with E-state index in [0.717, 1.165) is 12.8 Å². The third-order valence-corrected chi connectivity index (χ3v) is 8.54. The smallest absolute Gasteiger partial charge is 0.321 e. The van der Waals surface area contributed by atoms with Gasteiger partial charge in [-0.2, -0.15) is 0 Å². The molecule has 0 spiro atoms. The summed E-state index contributed by atoms with van der Waals surface area (Å²) in [4.78, 5) is 54.4. The van der Waals surface area contributed by atoms with E-state index in [1.807, 2.05) is 21.3 Å². The Morgan fingerprint density at radius 1 is 1.14 bits per heavy atom. The normalized spacial score (nSPS) is 17.0. The molecule has 4 amide bonds.